The Morgan fingerprint density at radius 2 is 1.91 bits per heavy atom. The van der Waals surface area contributed by atoms with Gasteiger partial charge >= 0.3 is 0 Å². The van der Waals surface area contributed by atoms with Crippen LogP contribution in [0.5, 0.6) is 0 Å². The van der Waals surface area contributed by atoms with Crippen LogP contribution in [0.4, 0.5) is 17.5 Å². The molecule has 6 N–H and O–H groups in total. The Kier molecular flexibility index (Phi) is 6.37. The van der Waals surface area contributed by atoms with Gasteiger partial charge in [0.2, 0.25) is 5.95 Å². The predicted octanol–water partition coefficient (Wildman–Crippen LogP) is 4.31. The van der Waals surface area contributed by atoms with E-state index in [1.807, 2.05) is 12.1 Å². The SMILES string of the molecule is Cc1ccc(Cn2ccc3c(Nc4nc(NC5CCCCC5N)ncc4C(N)=O)cccc32)cc1. The molecule has 8 nitrogen and oxygen atoms in total. The van der Waals surface area contributed by atoms with Gasteiger partial charge in [0.1, 0.15) is 11.4 Å². The number of aryl methyl sites for hydroxylation is 1. The summed E-state index contributed by atoms with van der Waals surface area (Å²) in [7, 11) is 0. The second-order valence-electron chi connectivity index (χ2n) is 9.31. The maximum Gasteiger partial charge on any atom is 0.254 e. The number of nitrogens with two attached hydrogens (primary N) is 2. The first kappa shape index (κ1) is 22.9. The zero-order chi connectivity index (χ0) is 24.4. The molecule has 0 bridgehead atoms. The van der Waals surface area contributed by atoms with Crippen molar-refractivity contribution >= 4 is 34.3 Å². The van der Waals surface area contributed by atoms with Crippen LogP contribution >= 0.6 is 0 Å². The smallest absolute Gasteiger partial charge is 0.254 e. The summed E-state index contributed by atoms with van der Waals surface area (Å²) in [6, 6.07) is 16.8. The van der Waals surface area contributed by atoms with E-state index in [2.05, 4.69) is 74.7 Å². The quantitative estimate of drug-likeness (QED) is 0.320. The number of benzene rings is 2. The zero-order valence-electron chi connectivity index (χ0n) is 19.9. The molecule has 180 valence electrons. The number of nitrogens with zero attached hydrogens (tertiary/aromatic N) is 3. The number of carbonyl (C=O) groups is 1. The van der Waals surface area contributed by atoms with Crippen LogP contribution < -0.4 is 22.1 Å². The lowest BCUT2D eigenvalue weighted by molar-refractivity contribution is 0.100. The molecule has 0 spiro atoms. The van der Waals surface area contributed by atoms with Gasteiger partial charge in [-0.2, -0.15) is 4.98 Å². The number of hydrogen-bond donors (Lipinski definition) is 4. The molecule has 2 atom stereocenters. The first-order chi connectivity index (χ1) is 17.0. The fourth-order valence-corrected chi connectivity index (χ4v) is 4.72. The minimum absolute atomic E-state index is 0.0571. The van der Waals surface area contributed by atoms with Crippen molar-refractivity contribution in [3.8, 4) is 0 Å². The van der Waals surface area contributed by atoms with E-state index in [0.29, 0.717) is 11.8 Å². The number of nitrogens with one attached hydrogen (secondary N) is 2. The summed E-state index contributed by atoms with van der Waals surface area (Å²) >= 11 is 0. The van der Waals surface area contributed by atoms with E-state index < -0.39 is 5.91 Å². The van der Waals surface area contributed by atoms with E-state index in [9.17, 15) is 4.79 Å². The molecule has 4 aromatic rings. The van der Waals surface area contributed by atoms with Gasteiger partial charge in [0, 0.05) is 42.1 Å². The van der Waals surface area contributed by atoms with E-state index in [-0.39, 0.29) is 17.6 Å². The maximum atomic E-state index is 12.1. The highest BCUT2D eigenvalue weighted by atomic mass is 16.1. The highest BCUT2D eigenvalue weighted by Gasteiger charge is 2.23. The topological polar surface area (TPSA) is 124 Å². The van der Waals surface area contributed by atoms with Crippen molar-refractivity contribution in [3.63, 3.8) is 0 Å². The summed E-state index contributed by atoms with van der Waals surface area (Å²) in [5.41, 5.74) is 16.5. The summed E-state index contributed by atoms with van der Waals surface area (Å²) in [5.74, 6) is 0.222. The third kappa shape index (κ3) is 4.97. The summed E-state index contributed by atoms with van der Waals surface area (Å²) in [6.45, 7) is 2.85. The van der Waals surface area contributed by atoms with Crippen molar-refractivity contribution in [2.75, 3.05) is 10.6 Å². The molecule has 1 aliphatic rings. The van der Waals surface area contributed by atoms with Gasteiger partial charge in [-0.25, -0.2) is 4.98 Å². The van der Waals surface area contributed by atoms with Gasteiger partial charge in [-0.15, -0.1) is 0 Å². The predicted molar refractivity (Wildman–Crippen MR) is 140 cm³/mol. The monoisotopic (exact) mass is 469 g/mol. The van der Waals surface area contributed by atoms with E-state index in [0.717, 1.165) is 48.8 Å². The molecule has 2 unspecified atom stereocenters. The normalized spacial score (nSPS) is 17.9. The third-order valence-corrected chi connectivity index (χ3v) is 6.73. The van der Waals surface area contributed by atoms with E-state index in [4.69, 9.17) is 11.5 Å². The van der Waals surface area contributed by atoms with Crippen LogP contribution in [0.1, 0.15) is 47.2 Å². The molecule has 1 aliphatic carbocycles. The fraction of sp³-hybridized carbons (Fsp3) is 0.296. The number of hydrogen-bond acceptors (Lipinski definition) is 6. The van der Waals surface area contributed by atoms with Gasteiger partial charge in [-0.05, 0) is 43.5 Å². The van der Waals surface area contributed by atoms with Gasteiger partial charge in [-0.1, -0.05) is 48.7 Å². The largest absolute Gasteiger partial charge is 0.365 e. The Labute approximate surface area is 204 Å². The first-order valence-electron chi connectivity index (χ1n) is 12.1. The van der Waals surface area contributed by atoms with Crippen molar-refractivity contribution in [1.82, 2.24) is 14.5 Å². The first-order valence-corrected chi connectivity index (χ1v) is 12.1. The van der Waals surface area contributed by atoms with Crippen molar-refractivity contribution < 1.29 is 4.79 Å². The standard InChI is InChI=1S/C27H31N7O/c1-17-9-11-18(12-10-17)16-34-14-13-19-22(7-4-8-24(19)34)31-26-20(25(29)35)15-30-27(33-26)32-23-6-3-2-5-21(23)28/h4,7-15,21,23H,2-3,5-6,16,28H2,1H3,(H2,29,35)(H2,30,31,32,33). The number of primary amides is 1. The van der Waals surface area contributed by atoms with Gasteiger partial charge in [0.15, 0.2) is 0 Å². The van der Waals surface area contributed by atoms with Gasteiger partial charge in [-0.3, -0.25) is 4.79 Å². The highest BCUT2D eigenvalue weighted by Crippen LogP contribution is 2.29. The molecule has 1 saturated carbocycles. The van der Waals surface area contributed by atoms with E-state index >= 15 is 0 Å². The lowest BCUT2D eigenvalue weighted by Gasteiger charge is -2.29. The Morgan fingerprint density at radius 1 is 1.11 bits per heavy atom. The molecule has 0 saturated heterocycles. The minimum Gasteiger partial charge on any atom is -0.365 e. The second kappa shape index (κ2) is 9.76. The molecule has 0 radical (unpaired) electrons. The van der Waals surface area contributed by atoms with Crippen molar-refractivity contribution in [2.24, 2.45) is 11.5 Å². The van der Waals surface area contributed by atoms with Gasteiger partial charge < -0.3 is 26.7 Å². The molecule has 2 aromatic carbocycles. The molecular weight excluding hydrogens is 438 g/mol. The molecular formula is C27H31N7O. The lowest BCUT2D eigenvalue weighted by Crippen LogP contribution is -2.43. The van der Waals surface area contributed by atoms with Crippen molar-refractivity contribution in [3.05, 3.63) is 77.6 Å². The Balaban J connectivity index is 1.44. The molecule has 2 heterocycles. The molecule has 5 rings (SSSR count). The van der Waals surface area contributed by atoms with Crippen LogP contribution in [0.3, 0.4) is 0 Å². The number of anilines is 3. The Hall–Kier alpha value is -3.91. The molecule has 0 aliphatic heterocycles. The number of amides is 1. The zero-order valence-corrected chi connectivity index (χ0v) is 19.9. The summed E-state index contributed by atoms with van der Waals surface area (Å²) < 4.78 is 2.21. The van der Waals surface area contributed by atoms with Gasteiger partial charge in [0.05, 0.1) is 5.52 Å². The number of aromatic nitrogens is 3. The summed E-state index contributed by atoms with van der Waals surface area (Å²) in [5, 5.41) is 7.71. The second-order valence-corrected chi connectivity index (χ2v) is 9.31. The molecule has 2 aromatic heterocycles. The summed E-state index contributed by atoms with van der Waals surface area (Å²) in [4.78, 5) is 21.1. The van der Waals surface area contributed by atoms with Crippen molar-refractivity contribution in [1.29, 1.82) is 0 Å². The number of rotatable bonds is 7. The average molecular weight is 470 g/mol. The third-order valence-electron chi connectivity index (χ3n) is 6.73. The van der Waals surface area contributed by atoms with E-state index in [1.165, 1.54) is 17.3 Å². The van der Waals surface area contributed by atoms with Crippen LogP contribution in [0, 0.1) is 6.92 Å². The minimum atomic E-state index is -0.586. The van der Waals surface area contributed by atoms with E-state index in [1.54, 1.807) is 0 Å². The van der Waals surface area contributed by atoms with Gasteiger partial charge in [0.25, 0.3) is 5.91 Å². The summed E-state index contributed by atoms with van der Waals surface area (Å²) in [6.07, 6.45) is 7.75. The highest BCUT2D eigenvalue weighted by molar-refractivity contribution is 6.00. The van der Waals surface area contributed by atoms with Crippen LogP contribution in [0.25, 0.3) is 10.9 Å². The Bertz CT molecular complexity index is 1350. The fourth-order valence-electron chi connectivity index (χ4n) is 4.72. The molecule has 35 heavy (non-hydrogen) atoms. The number of carbonyl (C=O) groups excluding carboxylic acids is 1. The molecule has 1 amide bonds. The van der Waals surface area contributed by atoms with Crippen LogP contribution in [0.2, 0.25) is 0 Å². The van der Waals surface area contributed by atoms with Crippen molar-refractivity contribution in [2.45, 2.75) is 51.2 Å². The number of fused-ring (bicyclic) bond motifs is 1. The van der Waals surface area contributed by atoms with Crippen LogP contribution in [-0.4, -0.2) is 32.5 Å². The lowest BCUT2D eigenvalue weighted by atomic mass is 9.91. The van der Waals surface area contributed by atoms with Crippen LogP contribution in [-0.2, 0) is 6.54 Å². The average Bonchev–Trinajstić information content (AvgIpc) is 3.26. The Morgan fingerprint density at radius 3 is 2.69 bits per heavy atom. The van der Waals surface area contributed by atoms with Crippen LogP contribution in [0.15, 0.2) is 60.9 Å². The maximum absolute atomic E-state index is 12.1. The molecule has 1 fully saturated rings. The molecule has 8 heteroatoms.